The zero-order valence-electron chi connectivity index (χ0n) is 11.9. The van der Waals surface area contributed by atoms with Crippen molar-refractivity contribution in [1.29, 1.82) is 0 Å². The monoisotopic (exact) mass is 266 g/mol. The maximum absolute atomic E-state index is 11.5. The molecule has 5 heteroatoms. The van der Waals surface area contributed by atoms with Gasteiger partial charge in [-0.2, -0.15) is 5.48 Å². The predicted octanol–water partition coefficient (Wildman–Crippen LogP) is 2.45. The first-order chi connectivity index (χ1) is 8.83. The third-order valence-corrected chi connectivity index (χ3v) is 2.43. The molecule has 106 valence electrons. The molecule has 1 rings (SSSR count). The number of amides is 1. The second kappa shape index (κ2) is 6.54. The molecule has 1 aromatic rings. The lowest BCUT2D eigenvalue weighted by Crippen LogP contribution is -2.34. The molecule has 0 heterocycles. The highest BCUT2D eigenvalue weighted by Gasteiger charge is 2.19. The fraction of sp³-hybridized carbons (Fsp3) is 0.500. The van der Waals surface area contributed by atoms with E-state index in [1.807, 2.05) is 31.2 Å². The number of rotatable bonds is 4. The molecule has 0 saturated heterocycles. The Morgan fingerprint density at radius 1 is 1.37 bits per heavy atom. The van der Waals surface area contributed by atoms with Crippen LogP contribution >= 0.6 is 0 Å². The van der Waals surface area contributed by atoms with Crippen molar-refractivity contribution >= 4 is 6.09 Å². The first-order valence-electron chi connectivity index (χ1n) is 6.23. The number of carbonyl (C=O) groups is 1. The molecule has 0 aliphatic heterocycles. The van der Waals surface area contributed by atoms with Crippen molar-refractivity contribution in [2.75, 3.05) is 6.54 Å². The maximum Gasteiger partial charge on any atom is 0.431 e. The quantitative estimate of drug-likeness (QED) is 0.821. The van der Waals surface area contributed by atoms with Gasteiger partial charge in [-0.25, -0.2) is 4.79 Å². The average molecular weight is 266 g/mol. The van der Waals surface area contributed by atoms with Crippen LogP contribution in [0, 0.1) is 6.92 Å². The van der Waals surface area contributed by atoms with Crippen LogP contribution < -0.4 is 11.2 Å². The number of benzene rings is 1. The number of carbonyl (C=O) groups excluding carboxylic acids is 1. The predicted molar refractivity (Wildman–Crippen MR) is 73.4 cm³/mol. The van der Waals surface area contributed by atoms with Crippen LogP contribution in [0.5, 0.6) is 0 Å². The van der Waals surface area contributed by atoms with E-state index < -0.39 is 17.8 Å². The molecule has 3 N–H and O–H groups in total. The summed E-state index contributed by atoms with van der Waals surface area (Å²) in [5.74, 6) is 0. The Morgan fingerprint density at radius 3 is 2.53 bits per heavy atom. The number of hydroxylamine groups is 1. The second-order valence-corrected chi connectivity index (χ2v) is 5.30. The molecule has 0 aliphatic rings. The summed E-state index contributed by atoms with van der Waals surface area (Å²) in [7, 11) is 0. The van der Waals surface area contributed by atoms with Gasteiger partial charge in [-0.05, 0) is 38.8 Å². The molecule has 0 spiro atoms. The van der Waals surface area contributed by atoms with Gasteiger partial charge in [0.25, 0.3) is 0 Å². The highest BCUT2D eigenvalue weighted by molar-refractivity contribution is 5.66. The first-order valence-corrected chi connectivity index (χ1v) is 6.23. The number of nitrogens with one attached hydrogen (secondary N) is 1. The molecule has 1 aromatic carbocycles. The van der Waals surface area contributed by atoms with Gasteiger partial charge in [0.05, 0.1) is 0 Å². The lowest BCUT2D eigenvalue weighted by molar-refractivity contribution is -0.0405. The number of hydrogen-bond donors (Lipinski definition) is 2. The molecule has 0 aliphatic carbocycles. The molecule has 0 radical (unpaired) electrons. The average Bonchev–Trinajstić information content (AvgIpc) is 2.29. The van der Waals surface area contributed by atoms with Gasteiger partial charge in [-0.1, -0.05) is 24.3 Å². The molecule has 0 saturated carbocycles. The van der Waals surface area contributed by atoms with E-state index in [0.29, 0.717) is 0 Å². The van der Waals surface area contributed by atoms with Crippen LogP contribution in [0.3, 0.4) is 0 Å². The van der Waals surface area contributed by atoms with E-state index in [0.717, 1.165) is 11.1 Å². The molecule has 0 aromatic heterocycles. The Bertz CT molecular complexity index is 427. The summed E-state index contributed by atoms with van der Waals surface area (Å²) in [6.45, 7) is 7.59. The van der Waals surface area contributed by atoms with E-state index in [1.165, 1.54) is 0 Å². The molecule has 5 nitrogen and oxygen atoms in total. The Balaban J connectivity index is 2.59. The maximum atomic E-state index is 11.5. The standard InChI is InChI=1S/C14H22N2O3/c1-10-7-5-6-8-11(10)12(9-15)19-16-13(17)18-14(2,3)4/h5-8,12H,9,15H2,1-4H3,(H,16,17). The third kappa shape index (κ3) is 5.28. The lowest BCUT2D eigenvalue weighted by Gasteiger charge is -2.22. The Morgan fingerprint density at radius 2 is 2.00 bits per heavy atom. The fourth-order valence-corrected chi connectivity index (χ4v) is 1.60. The van der Waals surface area contributed by atoms with Gasteiger partial charge in [0, 0.05) is 6.54 Å². The highest BCUT2D eigenvalue weighted by Crippen LogP contribution is 2.19. The van der Waals surface area contributed by atoms with Gasteiger partial charge in [0.15, 0.2) is 0 Å². The van der Waals surface area contributed by atoms with Gasteiger partial charge in [0.2, 0.25) is 0 Å². The zero-order chi connectivity index (χ0) is 14.5. The smallest absolute Gasteiger partial charge is 0.431 e. The Labute approximate surface area is 114 Å². The van der Waals surface area contributed by atoms with Gasteiger partial charge in [0.1, 0.15) is 11.7 Å². The van der Waals surface area contributed by atoms with Crippen molar-refractivity contribution in [2.24, 2.45) is 5.73 Å². The minimum Gasteiger partial charge on any atom is -0.442 e. The molecule has 1 unspecified atom stereocenters. The normalized spacial score (nSPS) is 12.9. The number of ether oxygens (including phenoxy) is 1. The fourth-order valence-electron chi connectivity index (χ4n) is 1.60. The first kappa shape index (κ1) is 15.5. The van der Waals surface area contributed by atoms with Crippen molar-refractivity contribution in [2.45, 2.75) is 39.4 Å². The van der Waals surface area contributed by atoms with E-state index >= 15 is 0 Å². The van der Waals surface area contributed by atoms with Crippen LogP contribution in [-0.4, -0.2) is 18.2 Å². The molecular formula is C14H22N2O3. The van der Waals surface area contributed by atoms with Gasteiger partial charge in [-0.3, -0.25) is 4.84 Å². The third-order valence-electron chi connectivity index (χ3n) is 2.43. The van der Waals surface area contributed by atoms with Gasteiger partial charge >= 0.3 is 6.09 Å². The molecule has 0 fully saturated rings. The van der Waals surface area contributed by atoms with Gasteiger partial charge in [-0.15, -0.1) is 0 Å². The van der Waals surface area contributed by atoms with E-state index in [2.05, 4.69) is 5.48 Å². The summed E-state index contributed by atoms with van der Waals surface area (Å²) in [6.07, 6.45) is -1.02. The van der Waals surface area contributed by atoms with E-state index in [1.54, 1.807) is 20.8 Å². The van der Waals surface area contributed by atoms with Crippen LogP contribution in [0.15, 0.2) is 24.3 Å². The minimum absolute atomic E-state index is 0.265. The summed E-state index contributed by atoms with van der Waals surface area (Å²) in [5.41, 5.74) is 9.39. The zero-order valence-corrected chi connectivity index (χ0v) is 11.9. The van der Waals surface area contributed by atoms with Crippen LogP contribution in [-0.2, 0) is 9.57 Å². The molecule has 0 bridgehead atoms. The molecular weight excluding hydrogens is 244 g/mol. The van der Waals surface area contributed by atoms with Crippen LogP contribution in [0.4, 0.5) is 4.79 Å². The van der Waals surface area contributed by atoms with E-state index in [4.69, 9.17) is 15.3 Å². The van der Waals surface area contributed by atoms with E-state index in [9.17, 15) is 4.79 Å². The minimum atomic E-state index is -0.625. The molecule has 19 heavy (non-hydrogen) atoms. The largest absolute Gasteiger partial charge is 0.442 e. The van der Waals surface area contributed by atoms with Crippen LogP contribution in [0.1, 0.15) is 38.0 Å². The van der Waals surface area contributed by atoms with Crippen molar-refractivity contribution in [3.8, 4) is 0 Å². The summed E-state index contributed by atoms with van der Waals surface area (Å²) in [4.78, 5) is 16.8. The van der Waals surface area contributed by atoms with Crippen LogP contribution in [0.25, 0.3) is 0 Å². The summed E-state index contributed by atoms with van der Waals surface area (Å²) >= 11 is 0. The number of hydrogen-bond acceptors (Lipinski definition) is 4. The van der Waals surface area contributed by atoms with Crippen molar-refractivity contribution in [1.82, 2.24) is 5.48 Å². The summed E-state index contributed by atoms with van der Waals surface area (Å²) in [5, 5.41) is 0. The SMILES string of the molecule is Cc1ccccc1C(CN)ONC(=O)OC(C)(C)C. The second-order valence-electron chi connectivity index (χ2n) is 5.30. The van der Waals surface area contributed by atoms with Crippen LogP contribution in [0.2, 0.25) is 0 Å². The van der Waals surface area contributed by atoms with Crippen molar-refractivity contribution < 1.29 is 14.4 Å². The topological polar surface area (TPSA) is 73.6 Å². The number of nitrogens with two attached hydrogens (primary N) is 1. The highest BCUT2D eigenvalue weighted by atomic mass is 16.7. The van der Waals surface area contributed by atoms with E-state index in [-0.39, 0.29) is 6.54 Å². The van der Waals surface area contributed by atoms with Crippen molar-refractivity contribution in [3.63, 3.8) is 0 Å². The van der Waals surface area contributed by atoms with Gasteiger partial charge < -0.3 is 10.5 Å². The summed E-state index contributed by atoms with van der Waals surface area (Å²) in [6, 6.07) is 7.73. The Kier molecular flexibility index (Phi) is 5.32. The van der Waals surface area contributed by atoms with Crippen molar-refractivity contribution in [3.05, 3.63) is 35.4 Å². The Hall–Kier alpha value is -1.59. The molecule has 1 atom stereocenters. The number of aryl methyl sites for hydroxylation is 1. The molecule has 1 amide bonds. The summed E-state index contributed by atoms with van der Waals surface area (Å²) < 4.78 is 5.08. The lowest BCUT2D eigenvalue weighted by atomic mass is 10.0.